The third-order valence-electron chi connectivity index (χ3n) is 1.96. The van der Waals surface area contributed by atoms with Gasteiger partial charge in [-0.1, -0.05) is 0 Å². The highest BCUT2D eigenvalue weighted by Gasteiger charge is 2.23. The van der Waals surface area contributed by atoms with E-state index in [9.17, 15) is 9.59 Å². The van der Waals surface area contributed by atoms with E-state index in [4.69, 9.17) is 4.74 Å². The van der Waals surface area contributed by atoms with E-state index in [1.54, 1.807) is 6.07 Å². The summed E-state index contributed by atoms with van der Waals surface area (Å²) >= 11 is 1.25. The molecule has 0 radical (unpaired) electrons. The Kier molecular flexibility index (Phi) is 2.35. The molecule has 1 aliphatic rings. The van der Waals surface area contributed by atoms with Gasteiger partial charge in [0.25, 0.3) is 0 Å². The lowest BCUT2D eigenvalue weighted by atomic mass is 10.1. The van der Waals surface area contributed by atoms with Crippen molar-refractivity contribution in [1.29, 1.82) is 0 Å². The van der Waals surface area contributed by atoms with Crippen LogP contribution in [-0.2, 0) is 16.1 Å². The van der Waals surface area contributed by atoms with Crippen LogP contribution in [0.15, 0.2) is 6.07 Å². The van der Waals surface area contributed by atoms with Gasteiger partial charge in [0, 0.05) is 10.4 Å². The number of hydrogen-bond donors (Lipinski definition) is 0. The fourth-order valence-electron chi connectivity index (χ4n) is 1.29. The predicted octanol–water partition coefficient (Wildman–Crippen LogP) is 1.25. The Bertz CT molecular complexity index is 394. The second-order valence-corrected chi connectivity index (χ2v) is 3.99. The number of ketones is 1. The fourth-order valence-corrected chi connectivity index (χ4v) is 2.32. The van der Waals surface area contributed by atoms with Crippen LogP contribution in [0.2, 0.25) is 0 Å². The van der Waals surface area contributed by atoms with Crippen LogP contribution < -0.4 is 0 Å². The van der Waals surface area contributed by atoms with Crippen LogP contribution in [0, 0.1) is 0 Å². The number of rotatable bonds is 1. The van der Waals surface area contributed by atoms with Crippen LogP contribution >= 0.6 is 11.3 Å². The Morgan fingerprint density at radius 1 is 1.57 bits per heavy atom. The summed E-state index contributed by atoms with van der Waals surface area (Å²) in [6, 6.07) is 1.58. The van der Waals surface area contributed by atoms with Crippen molar-refractivity contribution in [3.63, 3.8) is 0 Å². The predicted molar refractivity (Wildman–Crippen MR) is 49.6 cm³/mol. The SMILES string of the molecule is COC(=O)c1cc2c(s1)COCC2=O. The minimum atomic E-state index is -0.405. The maximum Gasteiger partial charge on any atom is 0.348 e. The van der Waals surface area contributed by atoms with Crippen molar-refractivity contribution in [1.82, 2.24) is 0 Å². The summed E-state index contributed by atoms with van der Waals surface area (Å²) in [6.45, 7) is 0.507. The van der Waals surface area contributed by atoms with Gasteiger partial charge in [-0.3, -0.25) is 4.79 Å². The van der Waals surface area contributed by atoms with Crippen molar-refractivity contribution in [2.24, 2.45) is 0 Å². The van der Waals surface area contributed by atoms with Crippen LogP contribution in [0.25, 0.3) is 0 Å². The minimum absolute atomic E-state index is 0.0716. The van der Waals surface area contributed by atoms with Crippen molar-refractivity contribution in [2.75, 3.05) is 13.7 Å². The number of thiophene rings is 1. The minimum Gasteiger partial charge on any atom is -0.465 e. The first-order chi connectivity index (χ1) is 6.72. The molecule has 14 heavy (non-hydrogen) atoms. The molecule has 74 valence electrons. The molecular weight excluding hydrogens is 204 g/mol. The van der Waals surface area contributed by atoms with Gasteiger partial charge < -0.3 is 9.47 Å². The maximum absolute atomic E-state index is 11.3. The molecule has 0 unspecified atom stereocenters. The zero-order valence-electron chi connectivity index (χ0n) is 7.53. The molecule has 1 aliphatic heterocycles. The summed E-state index contributed by atoms with van der Waals surface area (Å²) < 4.78 is 9.61. The number of carbonyl (C=O) groups excluding carboxylic acids is 2. The van der Waals surface area contributed by atoms with Gasteiger partial charge in [0.15, 0.2) is 5.78 Å². The fraction of sp³-hybridized carbons (Fsp3) is 0.333. The lowest BCUT2D eigenvalue weighted by Gasteiger charge is -2.09. The molecule has 0 aromatic carbocycles. The van der Waals surface area contributed by atoms with Crippen LogP contribution in [0.5, 0.6) is 0 Å². The first kappa shape index (κ1) is 9.36. The Hall–Kier alpha value is -1.20. The van der Waals surface area contributed by atoms with Crippen molar-refractivity contribution in [2.45, 2.75) is 6.61 Å². The smallest absolute Gasteiger partial charge is 0.348 e. The molecule has 5 heteroatoms. The standard InChI is InChI=1S/C9H8O4S/c1-12-9(11)7-2-5-6(10)3-13-4-8(5)14-7/h2H,3-4H2,1H3. The van der Waals surface area contributed by atoms with Gasteiger partial charge in [0.05, 0.1) is 13.7 Å². The molecular formula is C9H8O4S. The van der Waals surface area contributed by atoms with Gasteiger partial charge in [-0.15, -0.1) is 11.3 Å². The van der Waals surface area contributed by atoms with Crippen molar-refractivity contribution < 1.29 is 19.1 Å². The lowest BCUT2D eigenvalue weighted by Crippen LogP contribution is -2.15. The summed E-state index contributed by atoms with van der Waals surface area (Å²) in [4.78, 5) is 23.8. The van der Waals surface area contributed by atoms with E-state index in [-0.39, 0.29) is 12.4 Å². The van der Waals surface area contributed by atoms with E-state index in [1.165, 1.54) is 18.4 Å². The topological polar surface area (TPSA) is 52.6 Å². The normalized spacial score (nSPS) is 15.1. The molecule has 0 saturated carbocycles. The largest absolute Gasteiger partial charge is 0.465 e. The Balaban J connectivity index is 2.40. The molecule has 0 fully saturated rings. The van der Waals surface area contributed by atoms with Gasteiger partial charge in [0.1, 0.15) is 11.5 Å². The Labute approximate surface area is 84.4 Å². The maximum atomic E-state index is 11.3. The molecule has 1 aromatic heterocycles. The van der Waals surface area contributed by atoms with E-state index in [2.05, 4.69) is 4.74 Å². The molecule has 0 aliphatic carbocycles. The first-order valence-corrected chi connectivity index (χ1v) is 4.86. The lowest BCUT2D eigenvalue weighted by molar-refractivity contribution is 0.0606. The average Bonchev–Trinajstić information content (AvgIpc) is 2.62. The molecule has 0 amide bonds. The van der Waals surface area contributed by atoms with Crippen LogP contribution in [0.4, 0.5) is 0 Å². The Morgan fingerprint density at radius 3 is 3.00 bits per heavy atom. The van der Waals surface area contributed by atoms with Crippen molar-refractivity contribution in [3.8, 4) is 0 Å². The number of methoxy groups -OCH3 is 1. The first-order valence-electron chi connectivity index (χ1n) is 4.04. The Morgan fingerprint density at radius 2 is 2.36 bits per heavy atom. The van der Waals surface area contributed by atoms with Gasteiger partial charge in [0.2, 0.25) is 0 Å². The van der Waals surface area contributed by atoms with E-state index in [0.717, 1.165) is 4.88 Å². The molecule has 0 atom stereocenters. The summed E-state index contributed by atoms with van der Waals surface area (Å²) in [7, 11) is 1.32. The van der Waals surface area contributed by atoms with Gasteiger partial charge in [-0.05, 0) is 6.07 Å². The number of esters is 1. The van der Waals surface area contributed by atoms with E-state index >= 15 is 0 Å². The van der Waals surface area contributed by atoms with Crippen molar-refractivity contribution in [3.05, 3.63) is 21.4 Å². The molecule has 0 N–H and O–H groups in total. The zero-order chi connectivity index (χ0) is 10.1. The molecule has 0 bridgehead atoms. The summed E-state index contributed by atoms with van der Waals surface area (Å²) in [6.07, 6.45) is 0. The molecule has 2 heterocycles. The van der Waals surface area contributed by atoms with Gasteiger partial charge >= 0.3 is 5.97 Å². The highest BCUT2D eigenvalue weighted by Crippen LogP contribution is 2.27. The van der Waals surface area contributed by atoms with E-state index in [1.807, 2.05) is 0 Å². The van der Waals surface area contributed by atoms with Crippen LogP contribution in [0.1, 0.15) is 24.9 Å². The monoisotopic (exact) mass is 212 g/mol. The highest BCUT2D eigenvalue weighted by molar-refractivity contribution is 7.14. The highest BCUT2D eigenvalue weighted by atomic mass is 32.1. The number of ether oxygens (including phenoxy) is 2. The van der Waals surface area contributed by atoms with Gasteiger partial charge in [-0.25, -0.2) is 4.79 Å². The molecule has 0 saturated heterocycles. The van der Waals surface area contributed by atoms with E-state index in [0.29, 0.717) is 17.0 Å². The molecule has 4 nitrogen and oxygen atoms in total. The quantitative estimate of drug-likeness (QED) is 0.657. The number of fused-ring (bicyclic) bond motifs is 1. The second-order valence-electron chi connectivity index (χ2n) is 2.86. The number of carbonyl (C=O) groups is 2. The van der Waals surface area contributed by atoms with Crippen molar-refractivity contribution >= 4 is 23.1 Å². The summed E-state index contributed by atoms with van der Waals surface area (Å²) in [5.74, 6) is -0.477. The summed E-state index contributed by atoms with van der Waals surface area (Å²) in [5.41, 5.74) is 0.599. The van der Waals surface area contributed by atoms with Crippen LogP contribution in [0.3, 0.4) is 0 Å². The zero-order valence-corrected chi connectivity index (χ0v) is 8.35. The third kappa shape index (κ3) is 1.44. The molecule has 2 rings (SSSR count). The van der Waals surface area contributed by atoms with E-state index < -0.39 is 5.97 Å². The molecule has 0 spiro atoms. The molecule has 1 aromatic rings. The average molecular weight is 212 g/mol. The summed E-state index contributed by atoms with van der Waals surface area (Å²) in [5, 5.41) is 0. The number of hydrogen-bond acceptors (Lipinski definition) is 5. The van der Waals surface area contributed by atoms with Crippen LogP contribution in [-0.4, -0.2) is 25.5 Å². The number of Topliss-reactive ketones (excluding diaryl/α,β-unsaturated/α-hetero) is 1. The van der Waals surface area contributed by atoms with Gasteiger partial charge in [-0.2, -0.15) is 0 Å². The second kappa shape index (κ2) is 3.51. The third-order valence-corrected chi connectivity index (χ3v) is 3.05.